The molecular formula is C19H18ClN5O2S. The molecule has 0 spiro atoms. The summed E-state index contributed by atoms with van der Waals surface area (Å²) < 4.78 is 2.56. The first kappa shape index (κ1) is 17.7. The monoisotopic (exact) mass is 415 g/mol. The number of pyridine rings is 1. The van der Waals surface area contributed by atoms with Gasteiger partial charge >= 0.3 is 5.69 Å². The van der Waals surface area contributed by atoms with E-state index >= 15 is 0 Å². The Labute approximate surface area is 168 Å². The average Bonchev–Trinajstić information content (AvgIpc) is 3.31. The lowest BCUT2D eigenvalue weighted by molar-refractivity contribution is 0.180. The normalized spacial score (nSPS) is 16.3. The third-order valence-corrected chi connectivity index (χ3v) is 6.63. The number of piperidine rings is 1. The maximum Gasteiger partial charge on any atom is 0.329 e. The number of H-pyrrole nitrogens is 2. The van der Waals surface area contributed by atoms with Crippen molar-refractivity contribution >= 4 is 44.9 Å². The van der Waals surface area contributed by atoms with Crippen molar-refractivity contribution in [3.8, 4) is 0 Å². The second-order valence-corrected chi connectivity index (χ2v) is 8.90. The van der Waals surface area contributed by atoms with Gasteiger partial charge in [0.25, 0.3) is 5.56 Å². The number of fused-ring (bicyclic) bond motifs is 3. The van der Waals surface area contributed by atoms with E-state index in [-0.39, 0.29) is 17.3 Å². The molecule has 1 aliphatic rings. The number of thiophene rings is 1. The van der Waals surface area contributed by atoms with Gasteiger partial charge in [-0.15, -0.1) is 11.3 Å². The molecule has 0 aliphatic carbocycles. The van der Waals surface area contributed by atoms with Crippen LogP contribution in [0.1, 0.15) is 23.8 Å². The Bertz CT molecular complexity index is 1280. The Hall–Kier alpha value is -2.42. The zero-order chi connectivity index (χ0) is 19.3. The first-order valence-electron chi connectivity index (χ1n) is 9.17. The van der Waals surface area contributed by atoms with Gasteiger partial charge in [0.15, 0.2) is 0 Å². The fourth-order valence-electron chi connectivity index (χ4n) is 4.09. The minimum Gasteiger partial charge on any atom is -0.346 e. The van der Waals surface area contributed by atoms with Crippen LogP contribution in [0.2, 0.25) is 4.34 Å². The Morgan fingerprint density at radius 2 is 2.00 bits per heavy atom. The minimum absolute atomic E-state index is 0.0375. The van der Waals surface area contributed by atoms with E-state index in [1.54, 1.807) is 28.3 Å². The number of likely N-dealkylation sites (tertiary alicyclic amines) is 1. The smallest absolute Gasteiger partial charge is 0.329 e. The molecule has 0 unspecified atom stereocenters. The minimum atomic E-state index is -0.390. The van der Waals surface area contributed by atoms with Gasteiger partial charge in [-0.1, -0.05) is 11.6 Å². The van der Waals surface area contributed by atoms with Crippen molar-refractivity contribution in [3.63, 3.8) is 0 Å². The third-order valence-electron chi connectivity index (χ3n) is 5.41. The van der Waals surface area contributed by atoms with Crippen molar-refractivity contribution in [3.05, 3.63) is 60.6 Å². The number of aromatic amines is 2. The van der Waals surface area contributed by atoms with E-state index < -0.39 is 0 Å². The average molecular weight is 416 g/mol. The van der Waals surface area contributed by atoms with Crippen LogP contribution in [0.5, 0.6) is 0 Å². The van der Waals surface area contributed by atoms with Gasteiger partial charge < -0.3 is 4.98 Å². The fourth-order valence-corrected chi connectivity index (χ4v) is 5.22. The topological polar surface area (TPSA) is 86.8 Å². The molecule has 0 bridgehead atoms. The van der Waals surface area contributed by atoms with Gasteiger partial charge in [0.2, 0.25) is 0 Å². The molecule has 144 valence electrons. The second-order valence-electron chi connectivity index (χ2n) is 7.10. The SMILES string of the molecule is O=c1[nH]c(=O)n(C2CCN(Cc3ccc(Cl)s3)CC2)c2c1cnc1[nH]ccc12. The third kappa shape index (κ3) is 2.97. The van der Waals surface area contributed by atoms with Gasteiger partial charge in [0.1, 0.15) is 5.65 Å². The molecule has 0 saturated carbocycles. The van der Waals surface area contributed by atoms with Crippen molar-refractivity contribution in [2.45, 2.75) is 25.4 Å². The van der Waals surface area contributed by atoms with Crippen LogP contribution in [0.3, 0.4) is 0 Å². The Morgan fingerprint density at radius 3 is 2.75 bits per heavy atom. The van der Waals surface area contributed by atoms with Crippen molar-refractivity contribution in [1.82, 2.24) is 24.4 Å². The highest BCUT2D eigenvalue weighted by Crippen LogP contribution is 2.29. The summed E-state index contributed by atoms with van der Waals surface area (Å²) in [5.74, 6) is 0. The summed E-state index contributed by atoms with van der Waals surface area (Å²) in [4.78, 5) is 38.5. The van der Waals surface area contributed by atoms with Crippen LogP contribution in [0.15, 0.2) is 40.2 Å². The van der Waals surface area contributed by atoms with Crippen LogP contribution >= 0.6 is 22.9 Å². The van der Waals surface area contributed by atoms with Gasteiger partial charge in [-0.05, 0) is 31.0 Å². The highest BCUT2D eigenvalue weighted by molar-refractivity contribution is 7.16. The van der Waals surface area contributed by atoms with Gasteiger partial charge in [0.05, 0.1) is 15.2 Å². The number of hydrogen-bond donors (Lipinski definition) is 2. The number of nitrogens with zero attached hydrogens (tertiary/aromatic N) is 3. The van der Waals surface area contributed by atoms with Gasteiger partial charge in [0, 0.05) is 48.3 Å². The van der Waals surface area contributed by atoms with E-state index in [1.165, 1.54) is 4.88 Å². The summed E-state index contributed by atoms with van der Waals surface area (Å²) in [6.07, 6.45) is 5.00. The Balaban J connectivity index is 1.49. The van der Waals surface area contributed by atoms with Crippen LogP contribution in [0, 0.1) is 0 Å². The molecule has 0 aromatic carbocycles. The van der Waals surface area contributed by atoms with Crippen molar-refractivity contribution in [2.24, 2.45) is 0 Å². The molecule has 5 rings (SSSR count). The second kappa shape index (κ2) is 6.88. The number of hydrogen-bond acceptors (Lipinski definition) is 5. The summed E-state index contributed by atoms with van der Waals surface area (Å²) in [7, 11) is 0. The molecule has 1 aliphatic heterocycles. The molecule has 0 atom stereocenters. The maximum atomic E-state index is 12.7. The van der Waals surface area contributed by atoms with E-state index in [0.717, 1.165) is 42.2 Å². The Kier molecular flexibility index (Phi) is 4.34. The standard InChI is InChI=1S/C19H18ClN5O2S/c20-15-2-1-12(28-15)10-24-7-4-11(5-8-24)25-16-13-3-6-21-17(13)22-9-14(16)18(26)23-19(25)27/h1-3,6,9,11H,4-5,7-8,10H2,(H,21,22)(H,23,26,27). The first-order chi connectivity index (χ1) is 13.6. The lowest BCUT2D eigenvalue weighted by Gasteiger charge is -2.33. The molecule has 4 aromatic rings. The first-order valence-corrected chi connectivity index (χ1v) is 10.4. The van der Waals surface area contributed by atoms with E-state index in [0.29, 0.717) is 16.6 Å². The van der Waals surface area contributed by atoms with Crippen molar-refractivity contribution in [2.75, 3.05) is 13.1 Å². The summed E-state index contributed by atoms with van der Waals surface area (Å²) in [6, 6.07) is 5.90. The molecule has 4 aromatic heterocycles. The number of rotatable bonds is 3. The number of nitrogens with one attached hydrogen (secondary N) is 2. The largest absolute Gasteiger partial charge is 0.346 e. The predicted octanol–water partition coefficient (Wildman–Crippen LogP) is 3.12. The summed E-state index contributed by atoms with van der Waals surface area (Å²) in [5, 5.41) is 1.25. The summed E-state index contributed by atoms with van der Waals surface area (Å²) >= 11 is 7.64. The number of aromatic nitrogens is 4. The van der Waals surface area contributed by atoms with E-state index in [1.807, 2.05) is 12.1 Å². The molecule has 1 fully saturated rings. The highest BCUT2D eigenvalue weighted by atomic mass is 35.5. The number of halogens is 1. The molecule has 9 heteroatoms. The molecule has 5 heterocycles. The molecule has 0 radical (unpaired) electrons. The molecule has 0 amide bonds. The fraction of sp³-hybridized carbons (Fsp3) is 0.316. The van der Waals surface area contributed by atoms with Crippen LogP contribution in [0.25, 0.3) is 21.9 Å². The molecule has 2 N–H and O–H groups in total. The maximum absolute atomic E-state index is 12.7. The van der Waals surface area contributed by atoms with Gasteiger partial charge in [-0.3, -0.25) is 19.2 Å². The highest BCUT2D eigenvalue weighted by Gasteiger charge is 2.25. The van der Waals surface area contributed by atoms with Gasteiger partial charge in [-0.2, -0.15) is 0 Å². The summed E-state index contributed by atoms with van der Waals surface area (Å²) in [6.45, 7) is 2.64. The van der Waals surface area contributed by atoms with Gasteiger partial charge in [-0.25, -0.2) is 9.78 Å². The quantitative estimate of drug-likeness (QED) is 0.538. The van der Waals surface area contributed by atoms with Crippen LogP contribution in [-0.2, 0) is 6.54 Å². The van der Waals surface area contributed by atoms with E-state index in [2.05, 4.69) is 25.9 Å². The molecule has 7 nitrogen and oxygen atoms in total. The van der Waals surface area contributed by atoms with Crippen molar-refractivity contribution in [1.29, 1.82) is 0 Å². The van der Waals surface area contributed by atoms with E-state index in [4.69, 9.17) is 11.6 Å². The molecule has 1 saturated heterocycles. The van der Waals surface area contributed by atoms with E-state index in [9.17, 15) is 9.59 Å². The summed E-state index contributed by atoms with van der Waals surface area (Å²) in [5.41, 5.74) is 0.607. The molecule has 28 heavy (non-hydrogen) atoms. The zero-order valence-electron chi connectivity index (χ0n) is 14.9. The van der Waals surface area contributed by atoms with Crippen LogP contribution in [-0.4, -0.2) is 37.5 Å². The zero-order valence-corrected chi connectivity index (χ0v) is 16.5. The van der Waals surface area contributed by atoms with Crippen LogP contribution < -0.4 is 11.2 Å². The lowest BCUT2D eigenvalue weighted by Crippen LogP contribution is -2.39. The van der Waals surface area contributed by atoms with Crippen molar-refractivity contribution < 1.29 is 0 Å². The predicted molar refractivity (Wildman–Crippen MR) is 111 cm³/mol. The van der Waals surface area contributed by atoms with Crippen LogP contribution in [0.4, 0.5) is 0 Å². The Morgan fingerprint density at radius 1 is 1.18 bits per heavy atom. The molecular weight excluding hydrogens is 398 g/mol. The lowest BCUT2D eigenvalue weighted by atomic mass is 10.0.